The summed E-state index contributed by atoms with van der Waals surface area (Å²) in [4.78, 5) is 16.6. The van der Waals surface area contributed by atoms with Gasteiger partial charge in [-0.25, -0.2) is 4.98 Å². The summed E-state index contributed by atoms with van der Waals surface area (Å²) < 4.78 is 41.0. The second kappa shape index (κ2) is 5.72. The van der Waals surface area contributed by atoms with Crippen LogP contribution in [0.2, 0.25) is 0 Å². The maximum absolute atomic E-state index is 13.1. The van der Waals surface area contributed by atoms with E-state index in [-0.39, 0.29) is 17.5 Å². The van der Waals surface area contributed by atoms with Crippen LogP contribution in [0.15, 0.2) is 36.7 Å². The first-order valence-corrected chi connectivity index (χ1v) is 7.32. The van der Waals surface area contributed by atoms with Crippen LogP contribution < -0.4 is 5.32 Å². The van der Waals surface area contributed by atoms with Crippen molar-refractivity contribution in [3.8, 4) is 0 Å². The number of nitrogens with zero attached hydrogens (tertiary/aromatic N) is 2. The number of aromatic nitrogens is 2. The van der Waals surface area contributed by atoms with E-state index < -0.39 is 17.6 Å². The number of benzene rings is 1. The molecule has 0 radical (unpaired) electrons. The summed E-state index contributed by atoms with van der Waals surface area (Å²) >= 11 is 0. The van der Waals surface area contributed by atoms with Crippen LogP contribution >= 0.6 is 0 Å². The van der Waals surface area contributed by atoms with Crippen molar-refractivity contribution in [2.75, 3.05) is 0 Å². The van der Waals surface area contributed by atoms with E-state index in [0.717, 1.165) is 18.9 Å². The number of imidazole rings is 1. The summed E-state index contributed by atoms with van der Waals surface area (Å²) in [5, 5.41) is 2.73. The first-order chi connectivity index (χ1) is 10.9. The summed E-state index contributed by atoms with van der Waals surface area (Å²) in [5.74, 6) is 0.154. The highest BCUT2D eigenvalue weighted by atomic mass is 19.4. The smallest absolute Gasteiger partial charge is 0.342 e. The Balaban J connectivity index is 1.88. The van der Waals surface area contributed by atoms with Crippen molar-refractivity contribution >= 4 is 5.91 Å². The number of hydrogen-bond donors (Lipinski definition) is 1. The van der Waals surface area contributed by atoms with Crippen LogP contribution in [0.25, 0.3) is 0 Å². The minimum atomic E-state index is -4.56. The Hall–Kier alpha value is -2.31. The molecule has 0 aliphatic heterocycles. The van der Waals surface area contributed by atoms with E-state index in [1.165, 1.54) is 18.2 Å². The molecule has 1 amide bonds. The lowest BCUT2D eigenvalue weighted by molar-refractivity contribution is -0.137. The van der Waals surface area contributed by atoms with Gasteiger partial charge in [0, 0.05) is 19.4 Å². The van der Waals surface area contributed by atoms with Gasteiger partial charge in [-0.1, -0.05) is 12.1 Å². The molecule has 1 saturated carbocycles. The van der Waals surface area contributed by atoms with Crippen LogP contribution in [0.3, 0.4) is 0 Å². The van der Waals surface area contributed by atoms with Crippen molar-refractivity contribution in [3.63, 3.8) is 0 Å². The van der Waals surface area contributed by atoms with Gasteiger partial charge in [-0.05, 0) is 30.9 Å². The third kappa shape index (κ3) is 3.23. The number of halogens is 3. The maximum atomic E-state index is 13.1. The highest BCUT2D eigenvalue weighted by molar-refractivity contribution is 5.96. The Labute approximate surface area is 131 Å². The number of hydrogen-bond acceptors (Lipinski definition) is 2. The number of amides is 1. The number of nitrogens with one attached hydrogen (secondary N) is 1. The molecule has 3 rings (SSSR count). The van der Waals surface area contributed by atoms with E-state index in [1.807, 2.05) is 0 Å². The molecule has 7 heteroatoms. The van der Waals surface area contributed by atoms with Gasteiger partial charge in [0.2, 0.25) is 0 Å². The molecule has 122 valence electrons. The Morgan fingerprint density at radius 2 is 2.04 bits per heavy atom. The van der Waals surface area contributed by atoms with Crippen LogP contribution in [0.1, 0.15) is 40.6 Å². The molecule has 1 N–H and O–H groups in total. The summed E-state index contributed by atoms with van der Waals surface area (Å²) in [6, 6.07) is 4.44. The fraction of sp³-hybridized carbons (Fsp3) is 0.375. The molecule has 1 aromatic heterocycles. The van der Waals surface area contributed by atoms with Crippen molar-refractivity contribution < 1.29 is 18.0 Å². The molecular formula is C16H16F3N3O. The van der Waals surface area contributed by atoms with E-state index in [0.29, 0.717) is 5.82 Å². The summed E-state index contributed by atoms with van der Waals surface area (Å²) in [5.41, 5.74) is -1.29. The van der Waals surface area contributed by atoms with E-state index in [1.54, 1.807) is 24.0 Å². The van der Waals surface area contributed by atoms with Gasteiger partial charge in [-0.2, -0.15) is 13.2 Å². The fourth-order valence-corrected chi connectivity index (χ4v) is 2.65. The number of aryl methyl sites for hydroxylation is 1. The number of alkyl halides is 3. The lowest BCUT2D eigenvalue weighted by Crippen LogP contribution is -2.33. The second-order valence-corrected chi connectivity index (χ2v) is 5.73. The van der Waals surface area contributed by atoms with E-state index >= 15 is 0 Å². The zero-order valence-corrected chi connectivity index (χ0v) is 12.5. The predicted octanol–water partition coefficient (Wildman–Crippen LogP) is 3.32. The normalized spacial score (nSPS) is 16.2. The lowest BCUT2D eigenvalue weighted by Gasteiger charge is -2.19. The van der Waals surface area contributed by atoms with Gasteiger partial charge in [0.1, 0.15) is 5.82 Å². The number of carbonyl (C=O) groups is 1. The molecule has 1 aromatic carbocycles. The van der Waals surface area contributed by atoms with Gasteiger partial charge in [-0.15, -0.1) is 0 Å². The zero-order valence-electron chi connectivity index (χ0n) is 12.5. The minimum absolute atomic E-state index is 0.220. The molecule has 23 heavy (non-hydrogen) atoms. The van der Waals surface area contributed by atoms with Gasteiger partial charge in [0.25, 0.3) is 5.91 Å². The zero-order chi connectivity index (χ0) is 16.6. The van der Waals surface area contributed by atoms with Crippen molar-refractivity contribution in [1.82, 2.24) is 14.9 Å². The molecule has 4 nitrogen and oxygen atoms in total. The third-order valence-corrected chi connectivity index (χ3v) is 3.99. The molecule has 1 heterocycles. The van der Waals surface area contributed by atoms with E-state index in [4.69, 9.17) is 0 Å². The molecule has 1 atom stereocenters. The van der Waals surface area contributed by atoms with Crippen LogP contribution in [0.5, 0.6) is 0 Å². The topological polar surface area (TPSA) is 46.9 Å². The van der Waals surface area contributed by atoms with Crippen LogP contribution in [-0.4, -0.2) is 15.5 Å². The minimum Gasteiger partial charge on any atom is -0.342 e. The average Bonchev–Trinajstić information content (AvgIpc) is 3.26. The van der Waals surface area contributed by atoms with Gasteiger partial charge in [0.05, 0.1) is 17.2 Å². The Bertz CT molecular complexity index is 719. The molecular weight excluding hydrogens is 307 g/mol. The molecule has 1 aliphatic carbocycles. The molecule has 1 aliphatic rings. The van der Waals surface area contributed by atoms with Gasteiger partial charge >= 0.3 is 6.18 Å². The number of carbonyl (C=O) groups excluding carboxylic acids is 1. The first-order valence-electron chi connectivity index (χ1n) is 7.32. The van der Waals surface area contributed by atoms with Crippen LogP contribution in [0.4, 0.5) is 13.2 Å². The molecule has 1 fully saturated rings. The maximum Gasteiger partial charge on any atom is 0.417 e. The Morgan fingerprint density at radius 1 is 1.35 bits per heavy atom. The van der Waals surface area contributed by atoms with Crippen molar-refractivity contribution in [3.05, 3.63) is 53.6 Å². The molecule has 2 aromatic rings. The lowest BCUT2D eigenvalue weighted by atomic mass is 10.0. The first kappa shape index (κ1) is 15.6. The van der Waals surface area contributed by atoms with Crippen LogP contribution in [-0.2, 0) is 13.2 Å². The fourth-order valence-electron chi connectivity index (χ4n) is 2.65. The third-order valence-electron chi connectivity index (χ3n) is 3.99. The van der Waals surface area contributed by atoms with E-state index in [2.05, 4.69) is 10.3 Å². The SMILES string of the molecule is Cn1ccnc1[C@@H](NC(=O)c1ccccc1C(F)(F)F)C1CC1. The van der Waals surface area contributed by atoms with Crippen LogP contribution in [0, 0.1) is 5.92 Å². The van der Waals surface area contributed by atoms with Crippen molar-refractivity contribution in [2.24, 2.45) is 13.0 Å². The molecule has 0 unspecified atom stereocenters. The highest BCUT2D eigenvalue weighted by Crippen LogP contribution is 2.41. The van der Waals surface area contributed by atoms with E-state index in [9.17, 15) is 18.0 Å². The largest absolute Gasteiger partial charge is 0.417 e. The van der Waals surface area contributed by atoms with Crippen molar-refractivity contribution in [1.29, 1.82) is 0 Å². The molecule has 0 bridgehead atoms. The van der Waals surface area contributed by atoms with Gasteiger partial charge < -0.3 is 9.88 Å². The quantitative estimate of drug-likeness (QED) is 0.938. The molecule has 0 saturated heterocycles. The highest BCUT2D eigenvalue weighted by Gasteiger charge is 2.38. The number of rotatable bonds is 4. The van der Waals surface area contributed by atoms with Crippen molar-refractivity contribution in [2.45, 2.75) is 25.1 Å². The Kier molecular flexibility index (Phi) is 3.87. The summed E-state index contributed by atoms with van der Waals surface area (Å²) in [6.07, 6.45) is 0.657. The van der Waals surface area contributed by atoms with Gasteiger partial charge in [-0.3, -0.25) is 4.79 Å². The van der Waals surface area contributed by atoms with Gasteiger partial charge in [0.15, 0.2) is 0 Å². The summed E-state index contributed by atoms with van der Waals surface area (Å²) in [6.45, 7) is 0. The predicted molar refractivity (Wildman–Crippen MR) is 77.6 cm³/mol. The monoisotopic (exact) mass is 323 g/mol. The molecule has 0 spiro atoms. The average molecular weight is 323 g/mol. The Morgan fingerprint density at radius 3 is 2.61 bits per heavy atom. The second-order valence-electron chi connectivity index (χ2n) is 5.73. The standard InChI is InChI=1S/C16H16F3N3O/c1-22-9-8-20-14(22)13(10-6-7-10)21-15(23)11-4-2-3-5-12(11)16(17,18)19/h2-5,8-10,13H,6-7H2,1H3,(H,21,23)/t13-/m0/s1. The summed E-state index contributed by atoms with van der Waals surface area (Å²) in [7, 11) is 1.80.